The lowest BCUT2D eigenvalue weighted by Gasteiger charge is -2.43. The van der Waals surface area contributed by atoms with Gasteiger partial charge in [-0.1, -0.05) is 38.8 Å². The van der Waals surface area contributed by atoms with Gasteiger partial charge in [-0.05, 0) is 31.6 Å². The first-order chi connectivity index (χ1) is 7.54. The molecule has 0 spiro atoms. The molecule has 16 heavy (non-hydrogen) atoms. The zero-order chi connectivity index (χ0) is 12.2. The minimum atomic E-state index is -0.101. The molecule has 1 aliphatic carbocycles. The summed E-state index contributed by atoms with van der Waals surface area (Å²) in [6.45, 7) is 8.49. The summed E-state index contributed by atoms with van der Waals surface area (Å²) in [6.07, 6.45) is 6.67. The normalized spacial score (nSPS) is 32.4. The van der Waals surface area contributed by atoms with Gasteiger partial charge >= 0.3 is 0 Å². The Kier molecular flexibility index (Phi) is 5.00. The van der Waals surface area contributed by atoms with E-state index in [2.05, 4.69) is 20.4 Å². The molecule has 0 saturated heterocycles. The van der Waals surface area contributed by atoms with Crippen LogP contribution in [0.25, 0.3) is 0 Å². The van der Waals surface area contributed by atoms with Gasteiger partial charge in [-0.25, -0.2) is 0 Å². The molecule has 1 fully saturated rings. The zero-order valence-electron chi connectivity index (χ0n) is 11.1. The second-order valence-electron chi connectivity index (χ2n) is 5.38. The van der Waals surface area contributed by atoms with Gasteiger partial charge in [-0.3, -0.25) is 0 Å². The Morgan fingerprint density at radius 1 is 1.62 bits per heavy atom. The van der Waals surface area contributed by atoms with Crippen LogP contribution in [0.4, 0.5) is 0 Å². The molecule has 1 aliphatic rings. The monoisotopic (exact) mass is 225 g/mol. The van der Waals surface area contributed by atoms with Crippen molar-refractivity contribution in [3.8, 4) is 0 Å². The Morgan fingerprint density at radius 3 is 2.81 bits per heavy atom. The van der Waals surface area contributed by atoms with E-state index in [1.54, 1.807) is 0 Å². The molecule has 94 valence electrons. The van der Waals surface area contributed by atoms with Gasteiger partial charge in [-0.15, -0.1) is 0 Å². The number of hydrogen-bond donors (Lipinski definition) is 1. The lowest BCUT2D eigenvalue weighted by molar-refractivity contribution is -0.0705. The van der Waals surface area contributed by atoms with Gasteiger partial charge < -0.3 is 10.5 Å². The van der Waals surface area contributed by atoms with E-state index in [1.165, 1.54) is 18.4 Å². The predicted molar refractivity (Wildman–Crippen MR) is 69.4 cm³/mol. The molecule has 0 aromatic rings. The maximum absolute atomic E-state index is 6.35. The highest BCUT2D eigenvalue weighted by Crippen LogP contribution is 2.38. The summed E-state index contributed by atoms with van der Waals surface area (Å²) >= 11 is 0. The van der Waals surface area contributed by atoms with Crippen LogP contribution < -0.4 is 5.73 Å². The summed E-state index contributed by atoms with van der Waals surface area (Å²) in [5.74, 6) is 0.731. The third-order valence-electron chi connectivity index (χ3n) is 4.08. The molecule has 2 heteroatoms. The van der Waals surface area contributed by atoms with Gasteiger partial charge in [0.1, 0.15) is 0 Å². The fourth-order valence-electron chi connectivity index (χ4n) is 2.86. The first-order valence-electron chi connectivity index (χ1n) is 6.51. The predicted octanol–water partition coefficient (Wildman–Crippen LogP) is 3.27. The standard InChI is InChI=1S/C14H27NO/c1-5-11(2)9-13(15)14(16-4)8-6-7-12(3)10-14/h12-13H,2,5-10,15H2,1,3-4H3. The van der Waals surface area contributed by atoms with Crippen LogP contribution in [0.1, 0.15) is 52.4 Å². The van der Waals surface area contributed by atoms with E-state index in [4.69, 9.17) is 10.5 Å². The molecule has 3 atom stereocenters. The summed E-state index contributed by atoms with van der Waals surface area (Å²) in [4.78, 5) is 0. The van der Waals surface area contributed by atoms with Crippen LogP contribution in [-0.2, 0) is 4.74 Å². The molecule has 0 heterocycles. The maximum atomic E-state index is 6.35. The SMILES string of the molecule is C=C(CC)CC(N)C1(OC)CCCC(C)C1. The Balaban J connectivity index is 2.66. The molecular weight excluding hydrogens is 198 g/mol. The largest absolute Gasteiger partial charge is 0.377 e. The average Bonchev–Trinajstić information content (AvgIpc) is 2.28. The van der Waals surface area contributed by atoms with Gasteiger partial charge in [0, 0.05) is 13.2 Å². The van der Waals surface area contributed by atoms with Crippen LogP contribution in [0.3, 0.4) is 0 Å². The van der Waals surface area contributed by atoms with Gasteiger partial charge in [0.05, 0.1) is 5.60 Å². The minimum Gasteiger partial charge on any atom is -0.377 e. The molecule has 2 N–H and O–H groups in total. The number of rotatable bonds is 5. The van der Waals surface area contributed by atoms with Crippen molar-refractivity contribution in [3.63, 3.8) is 0 Å². The molecule has 0 aliphatic heterocycles. The molecule has 3 unspecified atom stereocenters. The first kappa shape index (κ1) is 13.7. The lowest BCUT2D eigenvalue weighted by Crippen LogP contribution is -2.52. The molecule has 0 aromatic carbocycles. The average molecular weight is 225 g/mol. The van der Waals surface area contributed by atoms with Gasteiger partial charge in [0.15, 0.2) is 0 Å². The third kappa shape index (κ3) is 3.08. The van der Waals surface area contributed by atoms with E-state index in [0.29, 0.717) is 0 Å². The zero-order valence-corrected chi connectivity index (χ0v) is 11.1. The van der Waals surface area contributed by atoms with E-state index in [-0.39, 0.29) is 11.6 Å². The Bertz CT molecular complexity index is 239. The van der Waals surface area contributed by atoms with E-state index in [9.17, 15) is 0 Å². The topological polar surface area (TPSA) is 35.2 Å². The second kappa shape index (κ2) is 5.83. The van der Waals surface area contributed by atoms with Crippen molar-refractivity contribution in [2.75, 3.05) is 7.11 Å². The highest BCUT2D eigenvalue weighted by Gasteiger charge is 2.40. The Labute approximate surface area is 100 Å². The van der Waals surface area contributed by atoms with Gasteiger partial charge in [0.25, 0.3) is 0 Å². The molecular formula is C14H27NO. The van der Waals surface area contributed by atoms with Crippen molar-refractivity contribution in [2.24, 2.45) is 11.7 Å². The second-order valence-corrected chi connectivity index (χ2v) is 5.38. The van der Waals surface area contributed by atoms with E-state index in [0.717, 1.165) is 31.6 Å². The Morgan fingerprint density at radius 2 is 2.31 bits per heavy atom. The molecule has 0 aromatic heterocycles. The number of ether oxygens (including phenoxy) is 1. The fourth-order valence-corrected chi connectivity index (χ4v) is 2.86. The summed E-state index contributed by atoms with van der Waals surface area (Å²) in [5, 5.41) is 0. The number of nitrogens with two attached hydrogens (primary N) is 1. The van der Waals surface area contributed by atoms with Crippen LogP contribution in [0.2, 0.25) is 0 Å². The number of hydrogen-bond acceptors (Lipinski definition) is 2. The van der Waals surface area contributed by atoms with Gasteiger partial charge in [-0.2, -0.15) is 0 Å². The van der Waals surface area contributed by atoms with Crippen LogP contribution in [0.15, 0.2) is 12.2 Å². The summed E-state index contributed by atoms with van der Waals surface area (Å²) < 4.78 is 5.79. The fraction of sp³-hybridized carbons (Fsp3) is 0.857. The molecule has 0 amide bonds. The molecule has 1 saturated carbocycles. The van der Waals surface area contributed by atoms with Crippen molar-refractivity contribution in [2.45, 2.75) is 64.0 Å². The Hall–Kier alpha value is -0.340. The van der Waals surface area contributed by atoms with Crippen molar-refractivity contribution in [1.29, 1.82) is 0 Å². The van der Waals surface area contributed by atoms with Gasteiger partial charge in [0.2, 0.25) is 0 Å². The van der Waals surface area contributed by atoms with Crippen molar-refractivity contribution in [1.82, 2.24) is 0 Å². The van der Waals surface area contributed by atoms with Crippen molar-refractivity contribution >= 4 is 0 Å². The smallest absolute Gasteiger partial charge is 0.0834 e. The van der Waals surface area contributed by atoms with E-state index >= 15 is 0 Å². The van der Waals surface area contributed by atoms with Crippen LogP contribution in [-0.4, -0.2) is 18.8 Å². The quantitative estimate of drug-likeness (QED) is 0.729. The van der Waals surface area contributed by atoms with Crippen molar-refractivity contribution < 1.29 is 4.74 Å². The van der Waals surface area contributed by atoms with E-state index < -0.39 is 0 Å². The van der Waals surface area contributed by atoms with Crippen LogP contribution in [0, 0.1) is 5.92 Å². The highest BCUT2D eigenvalue weighted by atomic mass is 16.5. The number of methoxy groups -OCH3 is 1. The molecule has 0 bridgehead atoms. The third-order valence-corrected chi connectivity index (χ3v) is 4.08. The highest BCUT2D eigenvalue weighted by molar-refractivity contribution is 5.04. The molecule has 2 nitrogen and oxygen atoms in total. The molecule has 0 radical (unpaired) electrons. The van der Waals surface area contributed by atoms with Crippen molar-refractivity contribution in [3.05, 3.63) is 12.2 Å². The summed E-state index contributed by atoms with van der Waals surface area (Å²) in [7, 11) is 1.81. The van der Waals surface area contributed by atoms with Crippen LogP contribution in [0.5, 0.6) is 0 Å². The maximum Gasteiger partial charge on any atom is 0.0834 e. The lowest BCUT2D eigenvalue weighted by atomic mass is 9.73. The van der Waals surface area contributed by atoms with Crippen LogP contribution >= 0.6 is 0 Å². The van der Waals surface area contributed by atoms with E-state index in [1.807, 2.05) is 7.11 Å². The first-order valence-corrected chi connectivity index (χ1v) is 6.51. The summed E-state index contributed by atoms with van der Waals surface area (Å²) in [5.41, 5.74) is 7.48. The molecule has 1 rings (SSSR count). The minimum absolute atomic E-state index is 0.101. The summed E-state index contributed by atoms with van der Waals surface area (Å²) in [6, 6.07) is 0.104.